The topological polar surface area (TPSA) is 33.5 Å². The molecule has 2 rings (SSSR count). The van der Waals surface area contributed by atoms with Crippen molar-refractivity contribution in [3.8, 4) is 0 Å². The van der Waals surface area contributed by atoms with Crippen LogP contribution in [-0.4, -0.2) is 25.0 Å². The van der Waals surface area contributed by atoms with E-state index in [1.54, 1.807) is 0 Å². The van der Waals surface area contributed by atoms with Gasteiger partial charge in [0.15, 0.2) is 6.04 Å². The van der Waals surface area contributed by atoms with Crippen LogP contribution in [0.25, 0.3) is 0 Å². The molecule has 3 atom stereocenters. The first-order valence-corrected chi connectivity index (χ1v) is 7.70. The molecule has 0 radical (unpaired) electrons. The molecule has 0 aromatic heterocycles. The number of amides is 1. The lowest BCUT2D eigenvalue weighted by Crippen LogP contribution is -3.17. The summed E-state index contributed by atoms with van der Waals surface area (Å²) in [7, 11) is 0. The fourth-order valence-corrected chi connectivity index (χ4v) is 3.02. The molecule has 1 heterocycles. The van der Waals surface area contributed by atoms with Crippen LogP contribution in [0.5, 0.6) is 0 Å². The maximum atomic E-state index is 12.4. The molecule has 3 nitrogen and oxygen atoms in total. The zero-order valence-electron chi connectivity index (χ0n) is 13.1. The third-order valence-electron chi connectivity index (χ3n) is 4.46. The SMILES string of the molecule is Cc1ccc(C)c(NC(=O)[C@H](C)[NH+]2CCC[C@H](C)C2)c1. The van der Waals surface area contributed by atoms with E-state index in [9.17, 15) is 4.79 Å². The van der Waals surface area contributed by atoms with E-state index >= 15 is 0 Å². The molecule has 1 aliphatic heterocycles. The molecule has 1 aromatic rings. The Kier molecular flexibility index (Phi) is 4.81. The number of piperidine rings is 1. The quantitative estimate of drug-likeness (QED) is 0.868. The van der Waals surface area contributed by atoms with E-state index in [-0.39, 0.29) is 11.9 Å². The Hall–Kier alpha value is -1.35. The molecule has 2 N–H and O–H groups in total. The summed E-state index contributed by atoms with van der Waals surface area (Å²) < 4.78 is 0. The lowest BCUT2D eigenvalue weighted by molar-refractivity contribution is -0.922. The number of anilines is 1. The molecule has 1 amide bonds. The highest BCUT2D eigenvalue weighted by atomic mass is 16.2. The van der Waals surface area contributed by atoms with Gasteiger partial charge in [-0.05, 0) is 50.8 Å². The van der Waals surface area contributed by atoms with Gasteiger partial charge in [-0.1, -0.05) is 19.1 Å². The highest BCUT2D eigenvalue weighted by molar-refractivity contribution is 5.94. The van der Waals surface area contributed by atoms with Gasteiger partial charge in [0.25, 0.3) is 5.91 Å². The number of aryl methyl sites for hydroxylation is 2. The molecule has 3 heteroatoms. The molecule has 0 bridgehead atoms. The summed E-state index contributed by atoms with van der Waals surface area (Å²) in [6.07, 6.45) is 2.53. The second-order valence-corrected chi connectivity index (χ2v) is 6.39. The molecule has 0 spiro atoms. The predicted octanol–water partition coefficient (Wildman–Crippen LogP) is 1.95. The fraction of sp³-hybridized carbons (Fsp3) is 0.588. The number of carbonyl (C=O) groups excluding carboxylic acids is 1. The number of hydrogen-bond acceptors (Lipinski definition) is 1. The van der Waals surface area contributed by atoms with Crippen molar-refractivity contribution in [1.82, 2.24) is 0 Å². The Morgan fingerprint density at radius 3 is 2.85 bits per heavy atom. The lowest BCUT2D eigenvalue weighted by atomic mass is 9.99. The second kappa shape index (κ2) is 6.40. The predicted molar refractivity (Wildman–Crippen MR) is 83.1 cm³/mol. The van der Waals surface area contributed by atoms with E-state index in [1.807, 2.05) is 19.9 Å². The van der Waals surface area contributed by atoms with Gasteiger partial charge in [0.05, 0.1) is 13.1 Å². The van der Waals surface area contributed by atoms with E-state index in [0.29, 0.717) is 0 Å². The van der Waals surface area contributed by atoms with E-state index in [1.165, 1.54) is 23.3 Å². The number of nitrogens with one attached hydrogen (secondary N) is 2. The molecule has 1 aromatic carbocycles. The van der Waals surface area contributed by atoms with Gasteiger partial charge in [-0.3, -0.25) is 4.79 Å². The zero-order valence-corrected chi connectivity index (χ0v) is 13.1. The molecule has 1 saturated heterocycles. The molecular formula is C17H27N2O+. The minimum atomic E-state index is 0.0256. The van der Waals surface area contributed by atoms with Crippen LogP contribution in [0, 0.1) is 19.8 Å². The number of likely N-dealkylation sites (tertiary alicyclic amines) is 1. The Labute approximate surface area is 122 Å². The molecule has 1 unspecified atom stereocenters. The van der Waals surface area contributed by atoms with Gasteiger partial charge in [-0.25, -0.2) is 0 Å². The van der Waals surface area contributed by atoms with Crippen LogP contribution in [0.3, 0.4) is 0 Å². The highest BCUT2D eigenvalue weighted by Crippen LogP contribution is 2.16. The van der Waals surface area contributed by atoms with Crippen LogP contribution >= 0.6 is 0 Å². The van der Waals surface area contributed by atoms with Crippen LogP contribution in [-0.2, 0) is 4.79 Å². The normalized spacial score (nSPS) is 24.2. The summed E-state index contributed by atoms with van der Waals surface area (Å²) in [6.45, 7) is 10.7. The molecular weight excluding hydrogens is 248 g/mol. The van der Waals surface area contributed by atoms with Crippen molar-refractivity contribution in [3.63, 3.8) is 0 Å². The van der Waals surface area contributed by atoms with Gasteiger partial charge < -0.3 is 10.2 Å². The van der Waals surface area contributed by atoms with E-state index in [2.05, 4.69) is 31.3 Å². The minimum absolute atomic E-state index is 0.0256. The Morgan fingerprint density at radius 1 is 1.40 bits per heavy atom. The summed E-state index contributed by atoms with van der Waals surface area (Å²) in [6, 6.07) is 6.21. The first-order chi connectivity index (χ1) is 9.47. The van der Waals surface area contributed by atoms with Crippen LogP contribution in [0.2, 0.25) is 0 Å². The Bertz CT molecular complexity index is 484. The number of carbonyl (C=O) groups is 1. The highest BCUT2D eigenvalue weighted by Gasteiger charge is 2.29. The smallest absolute Gasteiger partial charge is 0.282 e. The van der Waals surface area contributed by atoms with Gasteiger partial charge in [0.2, 0.25) is 0 Å². The molecule has 110 valence electrons. The molecule has 0 aliphatic carbocycles. The van der Waals surface area contributed by atoms with Crippen molar-refractivity contribution in [3.05, 3.63) is 29.3 Å². The van der Waals surface area contributed by atoms with Crippen molar-refractivity contribution in [2.24, 2.45) is 5.92 Å². The third-order valence-corrected chi connectivity index (χ3v) is 4.46. The molecule has 20 heavy (non-hydrogen) atoms. The standard InChI is InChI=1S/C17H26N2O/c1-12-7-8-14(3)16(10-12)18-17(20)15(4)19-9-5-6-13(2)11-19/h7-8,10,13,15H,5-6,9,11H2,1-4H3,(H,18,20)/p+1/t13-,15-/m0/s1. The summed E-state index contributed by atoms with van der Waals surface area (Å²) in [4.78, 5) is 13.9. The Balaban J connectivity index is 2.02. The average Bonchev–Trinajstić information content (AvgIpc) is 2.42. The van der Waals surface area contributed by atoms with Gasteiger partial charge in [0.1, 0.15) is 0 Å². The number of rotatable bonds is 3. The maximum Gasteiger partial charge on any atom is 0.282 e. The molecule has 1 fully saturated rings. The summed E-state index contributed by atoms with van der Waals surface area (Å²) >= 11 is 0. The second-order valence-electron chi connectivity index (χ2n) is 6.39. The van der Waals surface area contributed by atoms with Crippen LogP contribution < -0.4 is 10.2 Å². The first-order valence-electron chi connectivity index (χ1n) is 7.70. The van der Waals surface area contributed by atoms with E-state index in [0.717, 1.165) is 30.3 Å². The number of benzene rings is 1. The maximum absolute atomic E-state index is 12.4. The summed E-state index contributed by atoms with van der Waals surface area (Å²) in [5.74, 6) is 0.873. The molecule has 1 aliphatic rings. The minimum Gasteiger partial charge on any atom is -0.325 e. The number of hydrogen-bond donors (Lipinski definition) is 2. The largest absolute Gasteiger partial charge is 0.325 e. The number of quaternary nitrogens is 1. The van der Waals surface area contributed by atoms with Crippen molar-refractivity contribution in [1.29, 1.82) is 0 Å². The van der Waals surface area contributed by atoms with Crippen molar-refractivity contribution in [2.45, 2.75) is 46.6 Å². The van der Waals surface area contributed by atoms with E-state index < -0.39 is 0 Å². The van der Waals surface area contributed by atoms with Crippen molar-refractivity contribution >= 4 is 11.6 Å². The van der Waals surface area contributed by atoms with Gasteiger partial charge in [0, 0.05) is 11.6 Å². The van der Waals surface area contributed by atoms with Gasteiger partial charge in [-0.15, -0.1) is 0 Å². The van der Waals surface area contributed by atoms with Crippen LogP contribution in [0.4, 0.5) is 5.69 Å². The fourth-order valence-electron chi connectivity index (χ4n) is 3.02. The van der Waals surface area contributed by atoms with Crippen LogP contribution in [0.15, 0.2) is 18.2 Å². The van der Waals surface area contributed by atoms with Gasteiger partial charge in [-0.2, -0.15) is 0 Å². The summed E-state index contributed by atoms with van der Waals surface area (Å²) in [5, 5.41) is 3.10. The van der Waals surface area contributed by atoms with Crippen molar-refractivity contribution < 1.29 is 9.69 Å². The monoisotopic (exact) mass is 275 g/mol. The first kappa shape index (κ1) is 15.0. The van der Waals surface area contributed by atoms with Crippen molar-refractivity contribution in [2.75, 3.05) is 18.4 Å². The van der Waals surface area contributed by atoms with E-state index in [4.69, 9.17) is 0 Å². The molecule has 0 saturated carbocycles. The summed E-state index contributed by atoms with van der Waals surface area (Å²) in [5.41, 5.74) is 3.25. The van der Waals surface area contributed by atoms with Crippen LogP contribution in [0.1, 0.15) is 37.8 Å². The Morgan fingerprint density at radius 2 is 2.15 bits per heavy atom. The van der Waals surface area contributed by atoms with Gasteiger partial charge >= 0.3 is 0 Å². The lowest BCUT2D eigenvalue weighted by Gasteiger charge is -2.31. The third kappa shape index (κ3) is 3.60. The average molecular weight is 275 g/mol. The zero-order chi connectivity index (χ0) is 14.7.